The van der Waals surface area contributed by atoms with Crippen LogP contribution in [0.5, 0.6) is 0 Å². The van der Waals surface area contributed by atoms with Gasteiger partial charge in [0.05, 0.1) is 29.1 Å². The summed E-state index contributed by atoms with van der Waals surface area (Å²) < 4.78 is 2.56. The minimum absolute atomic E-state index is 0.0560. The van der Waals surface area contributed by atoms with Crippen molar-refractivity contribution in [3.8, 4) is 0 Å². The molecule has 2 atom stereocenters. The number of primary amides is 1. The molecule has 0 spiro atoms. The number of hydrogen-bond donors (Lipinski definition) is 3. The summed E-state index contributed by atoms with van der Waals surface area (Å²) >= 11 is 3.42. The second-order valence-electron chi connectivity index (χ2n) is 6.40. The first-order valence-corrected chi connectivity index (χ1v) is 8.01. The molecule has 0 saturated heterocycles. The number of amides is 1. The van der Waals surface area contributed by atoms with E-state index in [4.69, 9.17) is 5.73 Å². The minimum Gasteiger partial charge on any atom is -0.392 e. The van der Waals surface area contributed by atoms with Gasteiger partial charge in [-0.25, -0.2) is 4.52 Å². The van der Waals surface area contributed by atoms with Crippen LogP contribution in [0.1, 0.15) is 37.0 Å². The molecule has 1 aliphatic carbocycles. The molecule has 0 bridgehead atoms. The number of rotatable bonds is 3. The average Bonchev–Trinajstić information content (AvgIpc) is 2.92. The van der Waals surface area contributed by atoms with Gasteiger partial charge in [-0.2, -0.15) is 5.10 Å². The van der Waals surface area contributed by atoms with Crippen molar-refractivity contribution in [1.82, 2.24) is 9.61 Å². The van der Waals surface area contributed by atoms with Crippen LogP contribution in [0.15, 0.2) is 22.9 Å². The van der Waals surface area contributed by atoms with Gasteiger partial charge in [-0.05, 0) is 34.8 Å². The van der Waals surface area contributed by atoms with E-state index in [0.717, 1.165) is 22.8 Å². The van der Waals surface area contributed by atoms with Crippen molar-refractivity contribution in [2.45, 2.75) is 38.8 Å². The molecule has 3 rings (SSSR count). The molecule has 0 radical (unpaired) electrons. The Hall–Kier alpha value is -1.60. The van der Waals surface area contributed by atoms with Gasteiger partial charge < -0.3 is 16.2 Å². The van der Waals surface area contributed by atoms with Gasteiger partial charge in [0, 0.05) is 22.1 Å². The number of aromatic nitrogens is 2. The summed E-state index contributed by atoms with van der Waals surface area (Å²) in [5.41, 5.74) is 7.02. The maximum atomic E-state index is 11.7. The highest BCUT2D eigenvalue weighted by atomic mass is 79.9. The second kappa shape index (κ2) is 5.24. The summed E-state index contributed by atoms with van der Waals surface area (Å²) in [5.74, 6) is -0.522. The van der Waals surface area contributed by atoms with E-state index in [9.17, 15) is 9.90 Å². The van der Waals surface area contributed by atoms with Crippen molar-refractivity contribution in [2.24, 2.45) is 11.1 Å². The van der Waals surface area contributed by atoms with E-state index in [1.54, 1.807) is 4.52 Å². The fourth-order valence-electron chi connectivity index (χ4n) is 3.10. The zero-order valence-corrected chi connectivity index (χ0v) is 14.1. The van der Waals surface area contributed by atoms with E-state index >= 15 is 0 Å². The molecule has 7 heteroatoms. The fourth-order valence-corrected chi connectivity index (χ4v) is 3.51. The molecule has 1 fully saturated rings. The second-order valence-corrected chi connectivity index (χ2v) is 7.31. The molecule has 4 N–H and O–H groups in total. The molecule has 118 valence electrons. The summed E-state index contributed by atoms with van der Waals surface area (Å²) in [7, 11) is 0. The van der Waals surface area contributed by atoms with Crippen LogP contribution < -0.4 is 11.1 Å². The van der Waals surface area contributed by atoms with Crippen molar-refractivity contribution in [2.75, 3.05) is 5.32 Å². The van der Waals surface area contributed by atoms with E-state index < -0.39 is 5.91 Å². The molecule has 22 heavy (non-hydrogen) atoms. The van der Waals surface area contributed by atoms with E-state index in [0.29, 0.717) is 11.3 Å². The standard InChI is InChI=1S/C15H19BrN4O2/c1-15(2)11(3-4-12(15)21)19-13-9(14(17)22)6-18-20-7-8(16)5-10(13)20/h5-7,11-12,19,21H,3-4H2,1-2H3,(H2,17,22). The Labute approximate surface area is 136 Å². The molecule has 2 heterocycles. The SMILES string of the molecule is CC1(C)C(O)CCC1Nc1c(C(N)=O)cnn2cc(Br)cc12. The van der Waals surface area contributed by atoms with Crippen molar-refractivity contribution < 1.29 is 9.90 Å². The number of hydrogen-bond acceptors (Lipinski definition) is 4. The summed E-state index contributed by atoms with van der Waals surface area (Å²) in [6, 6.07) is 1.95. The Morgan fingerprint density at radius 1 is 1.55 bits per heavy atom. The van der Waals surface area contributed by atoms with Gasteiger partial charge in [0.1, 0.15) is 0 Å². The lowest BCUT2D eigenvalue weighted by molar-refractivity contribution is 0.0748. The summed E-state index contributed by atoms with van der Waals surface area (Å²) in [6.45, 7) is 4.05. The molecule has 0 aliphatic heterocycles. The van der Waals surface area contributed by atoms with Crippen molar-refractivity contribution in [3.05, 3.63) is 28.5 Å². The number of anilines is 1. The number of aliphatic hydroxyl groups is 1. The van der Waals surface area contributed by atoms with E-state index in [1.807, 2.05) is 26.1 Å². The van der Waals surface area contributed by atoms with Crippen molar-refractivity contribution in [3.63, 3.8) is 0 Å². The average molecular weight is 367 g/mol. The lowest BCUT2D eigenvalue weighted by Crippen LogP contribution is -2.38. The quantitative estimate of drug-likeness (QED) is 0.775. The molecule has 1 saturated carbocycles. The number of nitrogens with one attached hydrogen (secondary N) is 1. The Kier molecular flexibility index (Phi) is 3.65. The molecular formula is C15H19BrN4O2. The lowest BCUT2D eigenvalue weighted by Gasteiger charge is -2.32. The highest BCUT2D eigenvalue weighted by Gasteiger charge is 2.42. The normalized spacial score (nSPS) is 23.8. The number of halogens is 1. The van der Waals surface area contributed by atoms with Crippen LogP contribution in [-0.4, -0.2) is 32.8 Å². The predicted octanol–water partition coefficient (Wildman–Crippen LogP) is 2.16. The van der Waals surface area contributed by atoms with Gasteiger partial charge in [-0.1, -0.05) is 13.8 Å². The zero-order valence-electron chi connectivity index (χ0n) is 12.5. The third-order valence-electron chi connectivity index (χ3n) is 4.67. The Bertz CT molecular complexity index is 740. The fraction of sp³-hybridized carbons (Fsp3) is 0.467. The Balaban J connectivity index is 2.08. The smallest absolute Gasteiger partial charge is 0.252 e. The third kappa shape index (κ3) is 2.38. The number of aliphatic hydroxyl groups excluding tert-OH is 1. The molecular weight excluding hydrogens is 348 g/mol. The lowest BCUT2D eigenvalue weighted by atomic mass is 9.85. The Morgan fingerprint density at radius 2 is 2.27 bits per heavy atom. The highest BCUT2D eigenvalue weighted by molar-refractivity contribution is 9.10. The monoisotopic (exact) mass is 366 g/mol. The highest BCUT2D eigenvalue weighted by Crippen LogP contribution is 2.40. The maximum absolute atomic E-state index is 11.7. The Morgan fingerprint density at radius 3 is 2.86 bits per heavy atom. The molecule has 1 aliphatic rings. The van der Waals surface area contributed by atoms with Gasteiger partial charge >= 0.3 is 0 Å². The zero-order chi connectivity index (χ0) is 16.1. The number of nitrogens with two attached hydrogens (primary N) is 1. The topological polar surface area (TPSA) is 92.6 Å². The molecule has 0 aromatic carbocycles. The maximum Gasteiger partial charge on any atom is 0.252 e. The number of carbonyl (C=O) groups is 1. The van der Waals surface area contributed by atoms with Gasteiger partial charge in [-0.15, -0.1) is 0 Å². The first-order valence-electron chi connectivity index (χ1n) is 7.22. The van der Waals surface area contributed by atoms with Crippen LogP contribution in [-0.2, 0) is 0 Å². The number of fused-ring (bicyclic) bond motifs is 1. The summed E-state index contributed by atoms with van der Waals surface area (Å²) in [6.07, 6.45) is 4.51. The van der Waals surface area contributed by atoms with Crippen LogP contribution in [0.4, 0.5) is 5.69 Å². The van der Waals surface area contributed by atoms with Crippen LogP contribution in [0.2, 0.25) is 0 Å². The van der Waals surface area contributed by atoms with Crippen LogP contribution in [0.3, 0.4) is 0 Å². The van der Waals surface area contributed by atoms with E-state index in [2.05, 4.69) is 26.3 Å². The predicted molar refractivity (Wildman–Crippen MR) is 87.8 cm³/mol. The molecule has 2 unspecified atom stereocenters. The van der Waals surface area contributed by atoms with Crippen molar-refractivity contribution >= 4 is 33.0 Å². The molecule has 1 amide bonds. The number of carbonyl (C=O) groups excluding carboxylic acids is 1. The van der Waals surface area contributed by atoms with Crippen molar-refractivity contribution in [1.29, 1.82) is 0 Å². The first kappa shape index (κ1) is 15.3. The van der Waals surface area contributed by atoms with Gasteiger partial charge in [0.15, 0.2) is 0 Å². The third-order valence-corrected chi connectivity index (χ3v) is 5.11. The molecule has 2 aromatic rings. The van der Waals surface area contributed by atoms with Gasteiger partial charge in [-0.3, -0.25) is 4.79 Å². The van der Waals surface area contributed by atoms with Crippen LogP contribution in [0, 0.1) is 5.41 Å². The first-order chi connectivity index (χ1) is 10.3. The number of nitrogens with zero attached hydrogens (tertiary/aromatic N) is 2. The van der Waals surface area contributed by atoms with Gasteiger partial charge in [0.2, 0.25) is 0 Å². The van der Waals surface area contributed by atoms with E-state index in [1.165, 1.54) is 6.20 Å². The van der Waals surface area contributed by atoms with E-state index in [-0.39, 0.29) is 17.6 Å². The summed E-state index contributed by atoms with van der Waals surface area (Å²) in [5, 5.41) is 17.8. The van der Waals surface area contributed by atoms with Crippen LogP contribution in [0.25, 0.3) is 5.52 Å². The van der Waals surface area contributed by atoms with Gasteiger partial charge in [0.25, 0.3) is 5.91 Å². The molecule has 6 nitrogen and oxygen atoms in total. The largest absolute Gasteiger partial charge is 0.392 e. The van der Waals surface area contributed by atoms with Crippen LogP contribution >= 0.6 is 15.9 Å². The minimum atomic E-state index is -0.522. The molecule has 2 aromatic heterocycles. The summed E-state index contributed by atoms with van der Waals surface area (Å²) in [4.78, 5) is 11.7.